The maximum Gasteiger partial charge on any atom is 0.240 e. The Balaban J connectivity index is 1.91. The number of carbonyl (C=O) groups excluding carboxylic acids is 1. The van der Waals surface area contributed by atoms with Crippen LogP contribution in [0.3, 0.4) is 0 Å². The van der Waals surface area contributed by atoms with Gasteiger partial charge in [0.05, 0.1) is 22.2 Å². The summed E-state index contributed by atoms with van der Waals surface area (Å²) >= 11 is 5.63. The zero-order valence-electron chi connectivity index (χ0n) is 15.8. The second kappa shape index (κ2) is 10.1. The molecule has 0 spiro atoms. The van der Waals surface area contributed by atoms with Gasteiger partial charge in [-0.25, -0.2) is 17.5 Å². The Morgan fingerprint density at radius 3 is 2.57 bits per heavy atom. The summed E-state index contributed by atoms with van der Waals surface area (Å²) in [5.41, 5.74) is 0.961. The topological polar surface area (TPSA) is 79.4 Å². The molecule has 0 aliphatic rings. The molecule has 0 radical (unpaired) electrons. The number of nitrogens with one attached hydrogen (secondary N) is 1. The van der Waals surface area contributed by atoms with Crippen molar-refractivity contribution >= 4 is 27.4 Å². The third kappa shape index (κ3) is 6.63. The Bertz CT molecular complexity index is 919. The van der Waals surface area contributed by atoms with Gasteiger partial charge in [0, 0.05) is 18.2 Å². The van der Waals surface area contributed by atoms with Crippen molar-refractivity contribution in [3.63, 3.8) is 0 Å². The van der Waals surface area contributed by atoms with Gasteiger partial charge in [-0.1, -0.05) is 11.6 Å². The summed E-state index contributed by atoms with van der Waals surface area (Å²) in [5, 5.41) is -0.269. The number of pyridine rings is 1. The molecule has 1 heterocycles. The first-order valence-electron chi connectivity index (χ1n) is 8.76. The van der Waals surface area contributed by atoms with Gasteiger partial charge in [0.2, 0.25) is 10.0 Å². The molecule has 0 atom stereocenters. The first-order chi connectivity index (χ1) is 13.2. The fraction of sp³-hybridized carbons (Fsp3) is 0.368. The van der Waals surface area contributed by atoms with E-state index in [-0.39, 0.29) is 22.2 Å². The lowest BCUT2D eigenvalue weighted by atomic mass is 10.1. The number of aromatic nitrogens is 1. The average Bonchev–Trinajstić information content (AvgIpc) is 2.66. The van der Waals surface area contributed by atoms with Crippen molar-refractivity contribution in [1.29, 1.82) is 0 Å². The van der Waals surface area contributed by atoms with Gasteiger partial charge in [0.25, 0.3) is 0 Å². The molecule has 1 aromatic carbocycles. The van der Waals surface area contributed by atoms with Gasteiger partial charge in [-0.15, -0.1) is 0 Å². The molecule has 9 heteroatoms. The molecule has 0 fully saturated rings. The van der Waals surface area contributed by atoms with Crippen LogP contribution in [-0.4, -0.2) is 44.7 Å². The first kappa shape index (κ1) is 22.4. The molecule has 2 rings (SSSR count). The van der Waals surface area contributed by atoms with Gasteiger partial charge in [-0.05, 0) is 63.8 Å². The molecule has 0 saturated carbocycles. The van der Waals surface area contributed by atoms with E-state index < -0.39 is 15.8 Å². The molecule has 0 amide bonds. The number of halogens is 2. The van der Waals surface area contributed by atoms with Crippen LogP contribution in [0, 0.1) is 5.82 Å². The SMILES string of the molecule is CN(C)CCCCC(=O)c1ccc(CNS(=O)(=O)c2ccc(F)c(Cl)c2)nc1. The van der Waals surface area contributed by atoms with E-state index in [9.17, 15) is 17.6 Å². The summed E-state index contributed by atoms with van der Waals surface area (Å²) in [4.78, 5) is 18.2. The summed E-state index contributed by atoms with van der Waals surface area (Å²) in [5.74, 6) is -0.677. The molecule has 6 nitrogen and oxygen atoms in total. The van der Waals surface area contributed by atoms with Gasteiger partial charge in [-0.3, -0.25) is 9.78 Å². The maximum absolute atomic E-state index is 13.2. The van der Waals surface area contributed by atoms with E-state index in [1.165, 1.54) is 6.20 Å². The molecule has 1 aromatic heterocycles. The lowest BCUT2D eigenvalue weighted by Crippen LogP contribution is -2.23. The second-order valence-corrected chi connectivity index (χ2v) is 8.80. The number of Topliss-reactive ketones (excluding diaryl/α,β-unsaturated/α-hetero) is 1. The molecule has 0 aliphatic heterocycles. The van der Waals surface area contributed by atoms with Gasteiger partial charge in [0.15, 0.2) is 5.78 Å². The average molecular weight is 428 g/mol. The number of hydrogen-bond donors (Lipinski definition) is 1. The van der Waals surface area contributed by atoms with E-state index in [0.29, 0.717) is 17.7 Å². The van der Waals surface area contributed by atoms with Crippen molar-refractivity contribution in [2.45, 2.75) is 30.7 Å². The van der Waals surface area contributed by atoms with Crippen molar-refractivity contribution in [2.75, 3.05) is 20.6 Å². The normalized spacial score (nSPS) is 11.8. The van der Waals surface area contributed by atoms with E-state index >= 15 is 0 Å². The number of unbranched alkanes of at least 4 members (excludes halogenated alkanes) is 1. The van der Waals surface area contributed by atoms with E-state index in [2.05, 4.69) is 14.6 Å². The number of rotatable bonds is 10. The number of sulfonamides is 1. The van der Waals surface area contributed by atoms with Crippen molar-refractivity contribution in [2.24, 2.45) is 0 Å². The monoisotopic (exact) mass is 427 g/mol. The molecule has 0 saturated heterocycles. The Labute approximate surface area is 169 Å². The minimum Gasteiger partial charge on any atom is -0.309 e. The molecule has 0 unspecified atom stereocenters. The highest BCUT2D eigenvalue weighted by Crippen LogP contribution is 2.19. The summed E-state index contributed by atoms with van der Waals surface area (Å²) in [6.07, 6.45) is 3.65. The van der Waals surface area contributed by atoms with Crippen molar-refractivity contribution in [3.8, 4) is 0 Å². The number of ketones is 1. The Morgan fingerprint density at radius 2 is 1.96 bits per heavy atom. The van der Waals surface area contributed by atoms with Crippen molar-refractivity contribution in [1.82, 2.24) is 14.6 Å². The lowest BCUT2D eigenvalue weighted by Gasteiger charge is -2.09. The van der Waals surface area contributed by atoms with E-state index in [0.717, 1.165) is 37.6 Å². The fourth-order valence-corrected chi connectivity index (χ4v) is 3.72. The smallest absolute Gasteiger partial charge is 0.240 e. The standard InChI is InChI=1S/C19H23ClFN3O3S/c1-24(2)10-4-3-5-19(25)14-6-7-15(22-12-14)13-23-28(26,27)16-8-9-18(21)17(20)11-16/h6-9,11-12,23H,3-5,10,13H2,1-2H3. The molecular weight excluding hydrogens is 405 g/mol. The van der Waals surface area contributed by atoms with Crippen LogP contribution in [0.2, 0.25) is 5.02 Å². The van der Waals surface area contributed by atoms with Crippen LogP contribution < -0.4 is 4.72 Å². The number of carbonyl (C=O) groups is 1. The summed E-state index contributed by atoms with van der Waals surface area (Å²) in [7, 11) is 0.121. The van der Waals surface area contributed by atoms with Gasteiger partial charge < -0.3 is 4.90 Å². The van der Waals surface area contributed by atoms with Crippen LogP contribution in [0.15, 0.2) is 41.4 Å². The molecule has 2 aromatic rings. The maximum atomic E-state index is 13.2. The van der Waals surface area contributed by atoms with E-state index in [4.69, 9.17) is 11.6 Å². The third-order valence-corrected chi connectivity index (χ3v) is 5.74. The van der Waals surface area contributed by atoms with Crippen LogP contribution in [0.5, 0.6) is 0 Å². The number of benzene rings is 1. The highest BCUT2D eigenvalue weighted by Gasteiger charge is 2.16. The fourth-order valence-electron chi connectivity index (χ4n) is 2.45. The molecule has 0 aliphatic carbocycles. The molecule has 152 valence electrons. The van der Waals surface area contributed by atoms with E-state index in [1.807, 2.05) is 14.1 Å². The zero-order valence-corrected chi connectivity index (χ0v) is 17.4. The van der Waals surface area contributed by atoms with Gasteiger partial charge in [-0.2, -0.15) is 0 Å². The summed E-state index contributed by atoms with van der Waals surface area (Å²) < 4.78 is 40.1. The Kier molecular flexibility index (Phi) is 8.06. The number of hydrogen-bond acceptors (Lipinski definition) is 5. The molecule has 0 bridgehead atoms. The minimum absolute atomic E-state index is 0.0133. The summed E-state index contributed by atoms with van der Waals surface area (Å²) in [6.45, 7) is 0.874. The van der Waals surface area contributed by atoms with Crippen LogP contribution >= 0.6 is 11.6 Å². The highest BCUT2D eigenvalue weighted by molar-refractivity contribution is 7.89. The van der Waals surface area contributed by atoms with E-state index in [1.54, 1.807) is 12.1 Å². The second-order valence-electron chi connectivity index (χ2n) is 6.62. The quantitative estimate of drug-likeness (QED) is 0.465. The summed E-state index contributed by atoms with van der Waals surface area (Å²) in [6, 6.07) is 6.42. The van der Waals surface area contributed by atoms with Crippen LogP contribution in [0.25, 0.3) is 0 Å². The van der Waals surface area contributed by atoms with Crippen molar-refractivity contribution in [3.05, 3.63) is 58.6 Å². The third-order valence-electron chi connectivity index (χ3n) is 4.05. The minimum atomic E-state index is -3.86. The Hall–Kier alpha value is -1.87. The highest BCUT2D eigenvalue weighted by atomic mass is 35.5. The van der Waals surface area contributed by atoms with Gasteiger partial charge >= 0.3 is 0 Å². The van der Waals surface area contributed by atoms with Crippen molar-refractivity contribution < 1.29 is 17.6 Å². The predicted molar refractivity (Wildman–Crippen MR) is 106 cm³/mol. The van der Waals surface area contributed by atoms with Crippen LogP contribution in [-0.2, 0) is 16.6 Å². The molecule has 1 N–H and O–H groups in total. The van der Waals surface area contributed by atoms with Crippen LogP contribution in [0.1, 0.15) is 35.3 Å². The first-order valence-corrected chi connectivity index (χ1v) is 10.6. The predicted octanol–water partition coefficient (Wildman–Crippen LogP) is 3.27. The van der Waals surface area contributed by atoms with Gasteiger partial charge in [0.1, 0.15) is 5.82 Å². The molecule has 28 heavy (non-hydrogen) atoms. The molecular formula is C19H23ClFN3O3S. The number of nitrogens with zero attached hydrogens (tertiary/aromatic N) is 2. The zero-order chi connectivity index (χ0) is 20.7. The Morgan fingerprint density at radius 1 is 1.21 bits per heavy atom. The lowest BCUT2D eigenvalue weighted by molar-refractivity contribution is 0.0978. The van der Waals surface area contributed by atoms with Crippen LogP contribution in [0.4, 0.5) is 4.39 Å². The largest absolute Gasteiger partial charge is 0.309 e.